The molecule has 0 aliphatic rings. The number of aryl methyl sites for hydroxylation is 1. The predicted molar refractivity (Wildman–Crippen MR) is 74.5 cm³/mol. The van der Waals surface area contributed by atoms with Gasteiger partial charge in [0.2, 0.25) is 0 Å². The van der Waals surface area contributed by atoms with Crippen LogP contribution in [0.15, 0.2) is 36.4 Å². The molecule has 2 N–H and O–H groups in total. The van der Waals surface area contributed by atoms with Gasteiger partial charge in [0.15, 0.2) is 6.04 Å². The number of hydrogen-bond acceptors (Lipinski definition) is 3. The standard InChI is InChI=1S/C13H12ClNO2S/c1-8-2-7-11(18-8)12(13(16)17)15-10-5-3-9(14)4-6-10/h2-7,12,15H,1H3,(H,16,17). The molecule has 2 rings (SSSR count). The van der Waals surface area contributed by atoms with Crippen LogP contribution in [0.2, 0.25) is 5.02 Å². The minimum Gasteiger partial charge on any atom is -0.479 e. The maximum absolute atomic E-state index is 11.3. The number of carboxylic acids is 1. The molecule has 5 heteroatoms. The first kappa shape index (κ1) is 12.9. The summed E-state index contributed by atoms with van der Waals surface area (Å²) in [7, 11) is 0. The second-order valence-electron chi connectivity index (χ2n) is 3.87. The first-order valence-corrected chi connectivity index (χ1v) is 6.57. The van der Waals surface area contributed by atoms with Gasteiger partial charge in [0.1, 0.15) is 0 Å². The summed E-state index contributed by atoms with van der Waals surface area (Å²) in [6, 6.07) is 9.99. The average Bonchev–Trinajstić information content (AvgIpc) is 2.74. The molecule has 0 saturated heterocycles. The van der Waals surface area contributed by atoms with Crippen LogP contribution in [-0.2, 0) is 4.79 Å². The van der Waals surface area contributed by atoms with Crippen molar-refractivity contribution in [2.45, 2.75) is 13.0 Å². The summed E-state index contributed by atoms with van der Waals surface area (Å²) in [4.78, 5) is 13.2. The average molecular weight is 282 g/mol. The van der Waals surface area contributed by atoms with Crippen molar-refractivity contribution in [2.24, 2.45) is 0 Å². The second kappa shape index (κ2) is 5.42. The Bertz CT molecular complexity index is 550. The van der Waals surface area contributed by atoms with E-state index in [4.69, 9.17) is 11.6 Å². The van der Waals surface area contributed by atoms with Crippen LogP contribution in [0, 0.1) is 6.92 Å². The van der Waals surface area contributed by atoms with E-state index in [-0.39, 0.29) is 0 Å². The number of nitrogens with one attached hydrogen (secondary N) is 1. The van der Waals surface area contributed by atoms with E-state index >= 15 is 0 Å². The molecule has 0 fully saturated rings. The van der Waals surface area contributed by atoms with Gasteiger partial charge in [0.05, 0.1) is 0 Å². The lowest BCUT2D eigenvalue weighted by atomic mass is 10.2. The molecule has 2 aromatic rings. The number of benzene rings is 1. The smallest absolute Gasteiger partial charge is 0.331 e. The number of anilines is 1. The number of aliphatic carboxylic acids is 1. The second-order valence-corrected chi connectivity index (χ2v) is 5.63. The highest BCUT2D eigenvalue weighted by atomic mass is 35.5. The Morgan fingerprint density at radius 3 is 2.44 bits per heavy atom. The minimum absolute atomic E-state index is 0.624. The van der Waals surface area contributed by atoms with E-state index in [1.165, 1.54) is 11.3 Å². The van der Waals surface area contributed by atoms with Gasteiger partial charge in [0.25, 0.3) is 0 Å². The number of rotatable bonds is 4. The van der Waals surface area contributed by atoms with E-state index in [1.54, 1.807) is 24.3 Å². The third kappa shape index (κ3) is 3.03. The lowest BCUT2D eigenvalue weighted by Gasteiger charge is -2.14. The Labute approximate surface area is 114 Å². The topological polar surface area (TPSA) is 49.3 Å². The molecule has 0 aliphatic carbocycles. The van der Waals surface area contributed by atoms with Gasteiger partial charge in [-0.3, -0.25) is 0 Å². The fourth-order valence-corrected chi connectivity index (χ4v) is 2.62. The van der Waals surface area contributed by atoms with Crippen LogP contribution in [0.5, 0.6) is 0 Å². The zero-order valence-corrected chi connectivity index (χ0v) is 11.3. The largest absolute Gasteiger partial charge is 0.479 e. The monoisotopic (exact) mass is 281 g/mol. The number of hydrogen-bond donors (Lipinski definition) is 2. The molecule has 1 atom stereocenters. The van der Waals surface area contributed by atoms with Gasteiger partial charge < -0.3 is 10.4 Å². The van der Waals surface area contributed by atoms with Crippen LogP contribution >= 0.6 is 22.9 Å². The first-order valence-electron chi connectivity index (χ1n) is 5.37. The van der Waals surface area contributed by atoms with Crippen LogP contribution < -0.4 is 5.32 Å². The Morgan fingerprint density at radius 1 is 1.28 bits per heavy atom. The van der Waals surface area contributed by atoms with Crippen molar-refractivity contribution in [1.29, 1.82) is 0 Å². The van der Waals surface area contributed by atoms with Crippen LogP contribution in [0.25, 0.3) is 0 Å². The molecule has 1 unspecified atom stereocenters. The molecule has 94 valence electrons. The molecule has 3 nitrogen and oxygen atoms in total. The quantitative estimate of drug-likeness (QED) is 0.892. The van der Waals surface area contributed by atoms with Crippen molar-refractivity contribution in [3.63, 3.8) is 0 Å². The van der Waals surface area contributed by atoms with Crippen molar-refractivity contribution >= 4 is 34.6 Å². The van der Waals surface area contributed by atoms with Crippen LogP contribution in [-0.4, -0.2) is 11.1 Å². The van der Waals surface area contributed by atoms with Gasteiger partial charge in [-0.1, -0.05) is 11.6 Å². The summed E-state index contributed by atoms with van der Waals surface area (Å²) in [6.45, 7) is 1.95. The number of carbonyl (C=O) groups is 1. The molecule has 0 amide bonds. The predicted octanol–water partition coefficient (Wildman–Crippen LogP) is 3.95. The third-order valence-corrected chi connectivity index (χ3v) is 3.77. The summed E-state index contributed by atoms with van der Waals surface area (Å²) in [5.41, 5.74) is 0.734. The maximum Gasteiger partial charge on any atom is 0.331 e. The van der Waals surface area contributed by atoms with Gasteiger partial charge in [0, 0.05) is 20.5 Å². The van der Waals surface area contributed by atoms with Crippen LogP contribution in [0.4, 0.5) is 5.69 Å². The summed E-state index contributed by atoms with van der Waals surface area (Å²) in [5, 5.41) is 12.9. The lowest BCUT2D eigenvalue weighted by molar-refractivity contribution is -0.138. The van der Waals surface area contributed by atoms with Crippen molar-refractivity contribution in [3.8, 4) is 0 Å². The highest BCUT2D eigenvalue weighted by Gasteiger charge is 2.21. The van der Waals surface area contributed by atoms with Crippen molar-refractivity contribution in [2.75, 3.05) is 5.32 Å². The van der Waals surface area contributed by atoms with E-state index in [0.29, 0.717) is 5.02 Å². The lowest BCUT2D eigenvalue weighted by Crippen LogP contribution is -2.19. The van der Waals surface area contributed by atoms with E-state index in [0.717, 1.165) is 15.4 Å². The van der Waals surface area contributed by atoms with E-state index in [9.17, 15) is 9.90 Å². The van der Waals surface area contributed by atoms with Crippen LogP contribution in [0.3, 0.4) is 0 Å². The number of thiophene rings is 1. The Morgan fingerprint density at radius 2 is 1.94 bits per heavy atom. The Hall–Kier alpha value is -1.52. The molecule has 0 saturated carbocycles. The van der Waals surface area contributed by atoms with E-state index in [1.807, 2.05) is 19.1 Å². The van der Waals surface area contributed by atoms with Gasteiger partial charge in [-0.2, -0.15) is 0 Å². The van der Waals surface area contributed by atoms with Gasteiger partial charge in [-0.15, -0.1) is 11.3 Å². The number of halogens is 1. The summed E-state index contributed by atoms with van der Waals surface area (Å²) >= 11 is 7.27. The number of carboxylic acid groups (broad SMARTS) is 1. The molecule has 18 heavy (non-hydrogen) atoms. The van der Waals surface area contributed by atoms with Gasteiger partial charge in [-0.25, -0.2) is 4.79 Å². The van der Waals surface area contributed by atoms with E-state index < -0.39 is 12.0 Å². The molecule has 0 radical (unpaired) electrons. The molecule has 0 aliphatic heterocycles. The fraction of sp³-hybridized carbons (Fsp3) is 0.154. The zero-order valence-electron chi connectivity index (χ0n) is 9.68. The van der Waals surface area contributed by atoms with Gasteiger partial charge >= 0.3 is 5.97 Å². The molecular formula is C13H12ClNO2S. The minimum atomic E-state index is -0.896. The summed E-state index contributed by atoms with van der Waals surface area (Å²) < 4.78 is 0. The molecule has 0 bridgehead atoms. The van der Waals surface area contributed by atoms with Crippen molar-refractivity contribution < 1.29 is 9.90 Å². The van der Waals surface area contributed by atoms with E-state index in [2.05, 4.69) is 5.32 Å². The zero-order chi connectivity index (χ0) is 13.1. The van der Waals surface area contributed by atoms with Crippen molar-refractivity contribution in [3.05, 3.63) is 51.2 Å². The highest BCUT2D eigenvalue weighted by Crippen LogP contribution is 2.27. The first-order chi connectivity index (χ1) is 8.56. The molecular weight excluding hydrogens is 270 g/mol. The molecule has 0 spiro atoms. The van der Waals surface area contributed by atoms with Crippen molar-refractivity contribution in [1.82, 2.24) is 0 Å². The summed E-state index contributed by atoms with van der Waals surface area (Å²) in [5.74, 6) is -0.896. The van der Waals surface area contributed by atoms with Gasteiger partial charge in [-0.05, 0) is 43.3 Å². The molecule has 1 heterocycles. The highest BCUT2D eigenvalue weighted by molar-refractivity contribution is 7.12. The maximum atomic E-state index is 11.3. The Kier molecular flexibility index (Phi) is 3.89. The molecule has 1 aromatic heterocycles. The molecule has 1 aromatic carbocycles. The van der Waals surface area contributed by atoms with Crippen LogP contribution in [0.1, 0.15) is 15.8 Å². The Balaban J connectivity index is 2.22. The normalized spacial score (nSPS) is 12.1. The fourth-order valence-electron chi connectivity index (χ4n) is 1.58. The SMILES string of the molecule is Cc1ccc(C(Nc2ccc(Cl)cc2)C(=O)O)s1. The third-order valence-electron chi connectivity index (χ3n) is 2.45. The summed E-state index contributed by atoms with van der Waals surface area (Å²) in [6.07, 6.45) is 0.